The SMILES string of the molecule is Cc1cccc(-n2c(=O)c3sccc3n(CC(=O)Nc3ccc(C)cc3Br)c2=O)c1. The minimum Gasteiger partial charge on any atom is -0.324 e. The highest BCUT2D eigenvalue weighted by Crippen LogP contribution is 2.23. The van der Waals surface area contributed by atoms with E-state index in [1.807, 2.05) is 32.0 Å². The number of hydrogen-bond donors (Lipinski definition) is 1. The first-order chi connectivity index (χ1) is 14.3. The Hall–Kier alpha value is -2.97. The molecule has 0 aliphatic heterocycles. The minimum absolute atomic E-state index is 0.210. The summed E-state index contributed by atoms with van der Waals surface area (Å²) in [5.41, 5.74) is 2.61. The maximum Gasteiger partial charge on any atom is 0.336 e. The highest BCUT2D eigenvalue weighted by molar-refractivity contribution is 9.10. The van der Waals surface area contributed by atoms with Gasteiger partial charge in [0.05, 0.1) is 16.9 Å². The van der Waals surface area contributed by atoms with Crippen LogP contribution in [0.25, 0.3) is 15.9 Å². The summed E-state index contributed by atoms with van der Waals surface area (Å²) in [6.07, 6.45) is 0. The quantitative estimate of drug-likeness (QED) is 0.471. The van der Waals surface area contributed by atoms with Gasteiger partial charge in [-0.25, -0.2) is 9.36 Å². The third kappa shape index (κ3) is 3.76. The van der Waals surface area contributed by atoms with Crippen LogP contribution < -0.4 is 16.6 Å². The molecule has 0 aliphatic rings. The summed E-state index contributed by atoms with van der Waals surface area (Å²) in [6, 6.07) is 14.5. The van der Waals surface area contributed by atoms with Gasteiger partial charge in [-0.15, -0.1) is 11.3 Å². The maximum atomic E-state index is 13.3. The third-order valence-electron chi connectivity index (χ3n) is 4.72. The van der Waals surface area contributed by atoms with E-state index in [0.717, 1.165) is 20.2 Å². The Labute approximate surface area is 184 Å². The molecule has 0 spiro atoms. The van der Waals surface area contributed by atoms with E-state index in [-0.39, 0.29) is 18.0 Å². The molecule has 0 atom stereocenters. The average molecular weight is 484 g/mol. The van der Waals surface area contributed by atoms with Gasteiger partial charge in [0.1, 0.15) is 11.2 Å². The number of thiophene rings is 1. The van der Waals surface area contributed by atoms with Gasteiger partial charge in [-0.3, -0.25) is 14.2 Å². The molecular weight excluding hydrogens is 466 g/mol. The van der Waals surface area contributed by atoms with E-state index >= 15 is 0 Å². The summed E-state index contributed by atoms with van der Waals surface area (Å²) in [7, 11) is 0. The van der Waals surface area contributed by atoms with Crippen molar-refractivity contribution in [1.82, 2.24) is 9.13 Å². The Morgan fingerprint density at radius 2 is 1.83 bits per heavy atom. The van der Waals surface area contributed by atoms with E-state index in [9.17, 15) is 14.4 Å². The fourth-order valence-corrected chi connectivity index (χ4v) is 4.71. The number of halogens is 1. The lowest BCUT2D eigenvalue weighted by Crippen LogP contribution is -2.40. The fourth-order valence-electron chi connectivity index (χ4n) is 3.29. The molecule has 0 radical (unpaired) electrons. The molecule has 1 N–H and O–H groups in total. The standard InChI is InChI=1S/C22H18BrN3O3S/c1-13-4-3-5-15(10-13)26-21(28)20-18(8-9-30-20)25(22(26)29)12-19(27)24-17-7-6-14(2)11-16(17)23/h3-11H,12H2,1-2H3,(H,24,27). The molecule has 0 saturated carbocycles. The summed E-state index contributed by atoms with van der Waals surface area (Å²) in [5, 5.41) is 4.57. The summed E-state index contributed by atoms with van der Waals surface area (Å²) in [4.78, 5) is 39.0. The van der Waals surface area contributed by atoms with Gasteiger partial charge in [0.15, 0.2) is 0 Å². The van der Waals surface area contributed by atoms with Crippen molar-refractivity contribution in [3.8, 4) is 5.69 Å². The zero-order valence-electron chi connectivity index (χ0n) is 16.3. The lowest BCUT2D eigenvalue weighted by molar-refractivity contribution is -0.116. The van der Waals surface area contributed by atoms with Crippen LogP contribution in [0, 0.1) is 13.8 Å². The Balaban J connectivity index is 1.79. The van der Waals surface area contributed by atoms with Crippen molar-refractivity contribution in [1.29, 1.82) is 0 Å². The van der Waals surface area contributed by atoms with Gasteiger partial charge >= 0.3 is 5.69 Å². The lowest BCUT2D eigenvalue weighted by Gasteiger charge is -2.13. The summed E-state index contributed by atoms with van der Waals surface area (Å²) in [6.45, 7) is 3.64. The summed E-state index contributed by atoms with van der Waals surface area (Å²) in [5.74, 6) is -0.358. The molecule has 0 bridgehead atoms. The van der Waals surface area contributed by atoms with E-state index in [4.69, 9.17) is 0 Å². The predicted molar refractivity (Wildman–Crippen MR) is 124 cm³/mol. The minimum atomic E-state index is -0.547. The first kappa shape index (κ1) is 20.3. The number of aromatic nitrogens is 2. The molecule has 0 unspecified atom stereocenters. The first-order valence-corrected chi connectivity index (χ1v) is 10.9. The van der Waals surface area contributed by atoms with Gasteiger partial charge in [-0.1, -0.05) is 18.2 Å². The molecule has 4 rings (SSSR count). The molecular formula is C22H18BrN3O3S. The third-order valence-corrected chi connectivity index (χ3v) is 6.26. The summed E-state index contributed by atoms with van der Waals surface area (Å²) < 4.78 is 3.66. The van der Waals surface area contributed by atoms with Crippen LogP contribution in [0.2, 0.25) is 0 Å². The Morgan fingerprint density at radius 1 is 1.07 bits per heavy atom. The molecule has 1 amide bonds. The number of carbonyl (C=O) groups is 1. The van der Waals surface area contributed by atoms with Crippen LogP contribution in [-0.2, 0) is 11.3 Å². The topological polar surface area (TPSA) is 73.1 Å². The molecule has 30 heavy (non-hydrogen) atoms. The Morgan fingerprint density at radius 3 is 2.57 bits per heavy atom. The number of amides is 1. The van der Waals surface area contributed by atoms with Crippen LogP contribution in [0.3, 0.4) is 0 Å². The van der Waals surface area contributed by atoms with E-state index in [1.165, 1.54) is 15.9 Å². The zero-order chi connectivity index (χ0) is 21.4. The van der Waals surface area contributed by atoms with Crippen molar-refractivity contribution >= 4 is 49.1 Å². The molecule has 152 valence electrons. The first-order valence-electron chi connectivity index (χ1n) is 9.21. The number of aryl methyl sites for hydroxylation is 2. The van der Waals surface area contributed by atoms with Crippen LogP contribution in [0.15, 0.2) is 68.0 Å². The smallest absolute Gasteiger partial charge is 0.324 e. The predicted octanol–water partition coefficient (Wildman–Crippen LogP) is 4.23. The van der Waals surface area contributed by atoms with Gasteiger partial charge in [0.25, 0.3) is 5.56 Å². The van der Waals surface area contributed by atoms with Crippen molar-refractivity contribution in [2.75, 3.05) is 5.32 Å². The highest BCUT2D eigenvalue weighted by Gasteiger charge is 2.18. The van der Waals surface area contributed by atoms with Crippen molar-refractivity contribution in [2.24, 2.45) is 0 Å². The number of benzene rings is 2. The van der Waals surface area contributed by atoms with Crippen LogP contribution in [0.4, 0.5) is 5.69 Å². The zero-order valence-corrected chi connectivity index (χ0v) is 18.7. The highest BCUT2D eigenvalue weighted by atomic mass is 79.9. The Kier molecular flexibility index (Phi) is 5.44. The molecule has 6 nitrogen and oxygen atoms in total. The molecule has 2 aromatic carbocycles. The number of rotatable bonds is 4. The molecule has 0 saturated heterocycles. The second-order valence-corrected chi connectivity index (χ2v) is 8.79. The van der Waals surface area contributed by atoms with Crippen molar-refractivity contribution in [2.45, 2.75) is 20.4 Å². The number of nitrogens with one attached hydrogen (secondary N) is 1. The largest absolute Gasteiger partial charge is 0.336 e. The van der Waals surface area contributed by atoms with Gasteiger partial charge in [-0.05, 0) is 76.6 Å². The van der Waals surface area contributed by atoms with Crippen LogP contribution in [-0.4, -0.2) is 15.0 Å². The summed E-state index contributed by atoms with van der Waals surface area (Å²) >= 11 is 4.69. The van der Waals surface area contributed by atoms with Crippen LogP contribution >= 0.6 is 27.3 Å². The van der Waals surface area contributed by atoms with Crippen molar-refractivity contribution in [3.63, 3.8) is 0 Å². The van der Waals surface area contributed by atoms with Crippen LogP contribution in [0.1, 0.15) is 11.1 Å². The number of carbonyl (C=O) groups excluding carboxylic acids is 1. The molecule has 2 aromatic heterocycles. The van der Waals surface area contributed by atoms with E-state index < -0.39 is 5.69 Å². The molecule has 4 aromatic rings. The average Bonchev–Trinajstić information content (AvgIpc) is 3.18. The van der Waals surface area contributed by atoms with Crippen molar-refractivity contribution in [3.05, 3.63) is 90.3 Å². The number of anilines is 1. The van der Waals surface area contributed by atoms with E-state index in [2.05, 4.69) is 21.2 Å². The number of nitrogens with zero attached hydrogens (tertiary/aromatic N) is 2. The van der Waals surface area contributed by atoms with E-state index in [0.29, 0.717) is 21.6 Å². The molecule has 0 aliphatic carbocycles. The maximum absolute atomic E-state index is 13.3. The van der Waals surface area contributed by atoms with Gasteiger partial charge in [0.2, 0.25) is 5.91 Å². The fraction of sp³-hybridized carbons (Fsp3) is 0.136. The van der Waals surface area contributed by atoms with Crippen molar-refractivity contribution < 1.29 is 4.79 Å². The van der Waals surface area contributed by atoms with E-state index in [1.54, 1.807) is 35.7 Å². The molecule has 2 heterocycles. The molecule has 0 fully saturated rings. The lowest BCUT2D eigenvalue weighted by atomic mass is 10.2. The second-order valence-electron chi connectivity index (χ2n) is 7.01. The molecule has 8 heteroatoms. The second kappa shape index (κ2) is 8.04. The normalized spacial score (nSPS) is 11.0. The van der Waals surface area contributed by atoms with Crippen LogP contribution in [0.5, 0.6) is 0 Å². The number of hydrogen-bond acceptors (Lipinski definition) is 4. The van der Waals surface area contributed by atoms with Gasteiger partial charge in [0, 0.05) is 4.47 Å². The van der Waals surface area contributed by atoms with Gasteiger partial charge in [-0.2, -0.15) is 0 Å². The number of fused-ring (bicyclic) bond motifs is 1. The Bertz CT molecular complexity index is 1400. The monoisotopic (exact) mass is 483 g/mol. The van der Waals surface area contributed by atoms with Gasteiger partial charge < -0.3 is 5.32 Å².